The standard InChI is InChI=1S/C17H18F2N2O4/c1-2-24-10-16(22)21-15-8-12(13(18)9-14(15)19)17(23)20-6-5-11-4-3-7-25-11/h3-4,7-9H,2,5-6,10H2,1H3,(H,20,23)(H,21,22). The Morgan fingerprint density at radius 1 is 1.24 bits per heavy atom. The van der Waals surface area contributed by atoms with E-state index in [1.165, 1.54) is 6.26 Å². The first kappa shape index (κ1) is 18.6. The molecule has 0 saturated carbocycles. The topological polar surface area (TPSA) is 80.6 Å². The van der Waals surface area contributed by atoms with Crippen LogP contribution in [0.5, 0.6) is 0 Å². The Kier molecular flexibility index (Phi) is 6.64. The van der Waals surface area contributed by atoms with E-state index in [9.17, 15) is 18.4 Å². The van der Waals surface area contributed by atoms with E-state index in [0.29, 0.717) is 24.9 Å². The summed E-state index contributed by atoms with van der Waals surface area (Å²) < 4.78 is 37.7. The lowest BCUT2D eigenvalue weighted by molar-refractivity contribution is -0.120. The number of benzene rings is 1. The molecule has 6 nitrogen and oxygen atoms in total. The summed E-state index contributed by atoms with van der Waals surface area (Å²) in [6.07, 6.45) is 1.94. The molecule has 1 heterocycles. The molecule has 0 unspecified atom stereocenters. The Hall–Kier alpha value is -2.74. The summed E-state index contributed by atoms with van der Waals surface area (Å²) in [6, 6.07) is 4.97. The molecule has 0 fully saturated rings. The summed E-state index contributed by atoms with van der Waals surface area (Å²) in [5, 5.41) is 4.76. The predicted molar refractivity (Wildman–Crippen MR) is 86.2 cm³/mol. The van der Waals surface area contributed by atoms with Crippen molar-refractivity contribution in [2.24, 2.45) is 0 Å². The van der Waals surface area contributed by atoms with Gasteiger partial charge in [0.15, 0.2) is 0 Å². The minimum absolute atomic E-state index is 0.217. The molecule has 2 aromatic rings. The van der Waals surface area contributed by atoms with E-state index in [-0.39, 0.29) is 24.4 Å². The molecule has 2 rings (SSSR count). The predicted octanol–water partition coefficient (Wildman–Crippen LogP) is 2.51. The van der Waals surface area contributed by atoms with E-state index < -0.39 is 23.4 Å². The summed E-state index contributed by atoms with van der Waals surface area (Å²) >= 11 is 0. The van der Waals surface area contributed by atoms with Gasteiger partial charge in [-0.15, -0.1) is 0 Å². The maximum atomic E-state index is 13.9. The molecule has 0 spiro atoms. The summed E-state index contributed by atoms with van der Waals surface area (Å²) in [6.45, 7) is 1.98. The maximum absolute atomic E-state index is 13.9. The highest BCUT2D eigenvalue weighted by Gasteiger charge is 2.17. The first-order chi connectivity index (χ1) is 12.0. The largest absolute Gasteiger partial charge is 0.469 e. The molecule has 0 atom stereocenters. The highest BCUT2D eigenvalue weighted by atomic mass is 19.1. The number of rotatable bonds is 8. The highest BCUT2D eigenvalue weighted by Crippen LogP contribution is 2.19. The van der Waals surface area contributed by atoms with Crippen molar-refractivity contribution in [1.82, 2.24) is 5.32 Å². The van der Waals surface area contributed by atoms with Crippen LogP contribution < -0.4 is 10.6 Å². The number of ether oxygens (including phenoxy) is 1. The lowest BCUT2D eigenvalue weighted by Crippen LogP contribution is -2.27. The lowest BCUT2D eigenvalue weighted by atomic mass is 10.1. The van der Waals surface area contributed by atoms with Crippen LogP contribution in [0.1, 0.15) is 23.0 Å². The molecule has 134 valence electrons. The zero-order valence-electron chi connectivity index (χ0n) is 13.6. The van der Waals surface area contributed by atoms with Gasteiger partial charge in [-0.05, 0) is 25.1 Å². The van der Waals surface area contributed by atoms with Gasteiger partial charge in [0.1, 0.15) is 24.0 Å². The van der Waals surface area contributed by atoms with Crippen molar-refractivity contribution in [2.75, 3.05) is 25.1 Å². The van der Waals surface area contributed by atoms with E-state index in [1.54, 1.807) is 19.1 Å². The number of carbonyl (C=O) groups excluding carboxylic acids is 2. The zero-order valence-corrected chi connectivity index (χ0v) is 13.6. The van der Waals surface area contributed by atoms with Crippen LogP contribution in [0, 0.1) is 11.6 Å². The minimum atomic E-state index is -1.02. The van der Waals surface area contributed by atoms with Gasteiger partial charge in [-0.3, -0.25) is 9.59 Å². The molecule has 1 aromatic heterocycles. The minimum Gasteiger partial charge on any atom is -0.469 e. The molecule has 0 aliphatic carbocycles. The van der Waals surface area contributed by atoms with Crippen molar-refractivity contribution in [3.63, 3.8) is 0 Å². The van der Waals surface area contributed by atoms with Gasteiger partial charge in [0.2, 0.25) is 5.91 Å². The van der Waals surface area contributed by atoms with Crippen LogP contribution in [0.25, 0.3) is 0 Å². The Balaban J connectivity index is 2.02. The molecular weight excluding hydrogens is 334 g/mol. The number of anilines is 1. The monoisotopic (exact) mass is 352 g/mol. The molecule has 2 amide bonds. The third-order valence-corrected chi connectivity index (χ3v) is 3.25. The van der Waals surface area contributed by atoms with Gasteiger partial charge in [-0.25, -0.2) is 8.78 Å². The lowest BCUT2D eigenvalue weighted by Gasteiger charge is -2.10. The Bertz CT molecular complexity index is 732. The fourth-order valence-electron chi connectivity index (χ4n) is 2.05. The average Bonchev–Trinajstić information content (AvgIpc) is 3.08. The summed E-state index contributed by atoms with van der Waals surface area (Å²) in [7, 11) is 0. The van der Waals surface area contributed by atoms with Crippen molar-refractivity contribution >= 4 is 17.5 Å². The number of hydrogen-bond acceptors (Lipinski definition) is 4. The van der Waals surface area contributed by atoms with Gasteiger partial charge in [-0.2, -0.15) is 0 Å². The third-order valence-electron chi connectivity index (χ3n) is 3.25. The van der Waals surface area contributed by atoms with Crippen molar-refractivity contribution in [3.8, 4) is 0 Å². The summed E-state index contributed by atoms with van der Waals surface area (Å²) in [5.41, 5.74) is -0.658. The molecule has 0 saturated heterocycles. The molecule has 1 aromatic carbocycles. The van der Waals surface area contributed by atoms with Crippen molar-refractivity contribution in [2.45, 2.75) is 13.3 Å². The number of halogens is 2. The Morgan fingerprint density at radius 2 is 2.04 bits per heavy atom. The number of furan rings is 1. The Labute approximate surface area is 143 Å². The first-order valence-electron chi connectivity index (χ1n) is 7.68. The van der Waals surface area contributed by atoms with Gasteiger partial charge in [0.05, 0.1) is 17.5 Å². The van der Waals surface area contributed by atoms with Gasteiger partial charge >= 0.3 is 0 Å². The van der Waals surface area contributed by atoms with Crippen LogP contribution in [0.2, 0.25) is 0 Å². The third kappa shape index (κ3) is 5.39. The van der Waals surface area contributed by atoms with Gasteiger partial charge in [0, 0.05) is 25.6 Å². The van der Waals surface area contributed by atoms with Crippen molar-refractivity contribution < 1.29 is 27.5 Å². The van der Waals surface area contributed by atoms with Crippen LogP contribution >= 0.6 is 0 Å². The maximum Gasteiger partial charge on any atom is 0.254 e. The first-order valence-corrected chi connectivity index (χ1v) is 7.68. The van der Waals surface area contributed by atoms with Crippen LogP contribution in [0.3, 0.4) is 0 Å². The highest BCUT2D eigenvalue weighted by molar-refractivity contribution is 5.97. The normalized spacial score (nSPS) is 10.5. The van der Waals surface area contributed by atoms with Crippen LogP contribution in [-0.2, 0) is 16.0 Å². The molecule has 0 bridgehead atoms. The molecule has 25 heavy (non-hydrogen) atoms. The van der Waals surface area contributed by atoms with E-state index in [2.05, 4.69) is 10.6 Å². The van der Waals surface area contributed by atoms with E-state index in [0.717, 1.165) is 6.07 Å². The van der Waals surface area contributed by atoms with E-state index in [4.69, 9.17) is 9.15 Å². The molecular formula is C17H18F2N2O4. The van der Waals surface area contributed by atoms with Crippen molar-refractivity contribution in [3.05, 3.63) is 53.5 Å². The zero-order chi connectivity index (χ0) is 18.2. The SMILES string of the molecule is CCOCC(=O)Nc1cc(C(=O)NCCc2ccco2)c(F)cc1F. The van der Waals surface area contributed by atoms with Crippen molar-refractivity contribution in [1.29, 1.82) is 0 Å². The number of hydrogen-bond donors (Lipinski definition) is 2. The van der Waals surface area contributed by atoms with Gasteiger partial charge < -0.3 is 19.8 Å². The molecule has 0 aliphatic rings. The van der Waals surface area contributed by atoms with E-state index >= 15 is 0 Å². The average molecular weight is 352 g/mol. The van der Waals surface area contributed by atoms with Crippen LogP contribution in [-0.4, -0.2) is 31.6 Å². The van der Waals surface area contributed by atoms with E-state index in [1.807, 2.05) is 0 Å². The summed E-state index contributed by atoms with van der Waals surface area (Å²) in [4.78, 5) is 23.7. The van der Waals surface area contributed by atoms with Gasteiger partial charge in [0.25, 0.3) is 5.91 Å². The molecule has 8 heteroatoms. The quantitative estimate of drug-likeness (QED) is 0.765. The smallest absolute Gasteiger partial charge is 0.254 e. The second-order valence-corrected chi connectivity index (χ2v) is 5.08. The van der Waals surface area contributed by atoms with Crippen LogP contribution in [0.15, 0.2) is 34.9 Å². The van der Waals surface area contributed by atoms with Crippen LogP contribution in [0.4, 0.5) is 14.5 Å². The summed E-state index contributed by atoms with van der Waals surface area (Å²) in [5.74, 6) is -2.64. The molecule has 0 aliphatic heterocycles. The fourth-order valence-corrected chi connectivity index (χ4v) is 2.05. The Morgan fingerprint density at radius 3 is 2.72 bits per heavy atom. The number of carbonyl (C=O) groups is 2. The molecule has 0 radical (unpaired) electrons. The second-order valence-electron chi connectivity index (χ2n) is 5.08. The fraction of sp³-hybridized carbons (Fsp3) is 0.294. The number of amides is 2. The second kappa shape index (κ2) is 8.93. The number of nitrogens with one attached hydrogen (secondary N) is 2. The molecule has 2 N–H and O–H groups in total. The van der Waals surface area contributed by atoms with Gasteiger partial charge in [-0.1, -0.05) is 0 Å².